The van der Waals surface area contributed by atoms with Crippen LogP contribution < -0.4 is 5.32 Å². The molecule has 1 amide bonds. The Hall–Kier alpha value is -1.32. The number of nitrogens with zero attached hydrogens (tertiary/aromatic N) is 2. The maximum absolute atomic E-state index is 12.0. The zero-order chi connectivity index (χ0) is 12.8. The summed E-state index contributed by atoms with van der Waals surface area (Å²) in [6.07, 6.45) is 4.78. The van der Waals surface area contributed by atoms with Crippen molar-refractivity contribution in [3.63, 3.8) is 0 Å². The Morgan fingerprint density at radius 1 is 1.41 bits per heavy atom. The zero-order valence-corrected chi connectivity index (χ0v) is 11.3. The highest BCUT2D eigenvalue weighted by atomic mass is 16.1. The predicted molar refractivity (Wildman–Crippen MR) is 69.0 cm³/mol. The third kappa shape index (κ3) is 3.58. The first kappa shape index (κ1) is 13.7. The summed E-state index contributed by atoms with van der Waals surface area (Å²) in [4.78, 5) is 12.0. The molecule has 17 heavy (non-hydrogen) atoms. The van der Waals surface area contributed by atoms with Crippen LogP contribution in [-0.2, 0) is 13.5 Å². The minimum atomic E-state index is 0.00171. The van der Waals surface area contributed by atoms with Crippen molar-refractivity contribution >= 4 is 5.91 Å². The number of hydrogen-bond donors (Lipinski definition) is 1. The number of hydrogen-bond acceptors (Lipinski definition) is 2. The smallest absolute Gasteiger partial charge is 0.254 e. The number of carbonyl (C=O) groups is 1. The van der Waals surface area contributed by atoms with Gasteiger partial charge in [-0.3, -0.25) is 9.48 Å². The molecule has 1 aromatic heterocycles. The molecule has 0 saturated heterocycles. The molecule has 0 aliphatic carbocycles. The summed E-state index contributed by atoms with van der Waals surface area (Å²) in [5.41, 5.74) is 1.58. The van der Waals surface area contributed by atoms with Crippen molar-refractivity contribution in [3.8, 4) is 0 Å². The second-order valence-electron chi connectivity index (χ2n) is 4.41. The molecule has 4 nitrogen and oxygen atoms in total. The van der Waals surface area contributed by atoms with Crippen molar-refractivity contribution in [2.45, 2.75) is 40.0 Å². The monoisotopic (exact) mass is 237 g/mol. The van der Waals surface area contributed by atoms with E-state index >= 15 is 0 Å². The molecule has 1 heterocycles. The van der Waals surface area contributed by atoms with Crippen LogP contribution in [0.15, 0.2) is 6.20 Å². The van der Waals surface area contributed by atoms with E-state index in [-0.39, 0.29) is 5.91 Å². The van der Waals surface area contributed by atoms with Gasteiger partial charge in [0.25, 0.3) is 5.91 Å². The van der Waals surface area contributed by atoms with E-state index in [1.807, 2.05) is 14.0 Å². The Bertz CT molecular complexity index is 367. The Kier molecular flexibility index (Phi) is 5.19. The lowest BCUT2D eigenvalue weighted by molar-refractivity contribution is 0.0945. The highest BCUT2D eigenvalue weighted by molar-refractivity contribution is 5.95. The van der Waals surface area contributed by atoms with Crippen LogP contribution in [0, 0.1) is 5.92 Å². The third-order valence-corrected chi connectivity index (χ3v) is 3.19. The quantitative estimate of drug-likeness (QED) is 0.824. The molecule has 0 aromatic carbocycles. The molecule has 0 atom stereocenters. The molecular formula is C13H23N3O. The molecule has 96 valence electrons. The lowest BCUT2D eigenvalue weighted by Gasteiger charge is -2.12. The fraction of sp³-hybridized carbons (Fsp3) is 0.692. The van der Waals surface area contributed by atoms with E-state index in [1.54, 1.807) is 10.9 Å². The second-order valence-corrected chi connectivity index (χ2v) is 4.41. The van der Waals surface area contributed by atoms with Gasteiger partial charge in [-0.15, -0.1) is 0 Å². The number of nitrogens with one attached hydrogen (secondary N) is 1. The Labute approximate surface area is 103 Å². The van der Waals surface area contributed by atoms with Gasteiger partial charge in [0.1, 0.15) is 0 Å². The molecule has 1 rings (SSSR count). The van der Waals surface area contributed by atoms with Gasteiger partial charge in [-0.25, -0.2) is 0 Å². The molecule has 0 bridgehead atoms. The van der Waals surface area contributed by atoms with Gasteiger partial charge >= 0.3 is 0 Å². The number of aromatic nitrogens is 2. The fourth-order valence-corrected chi connectivity index (χ4v) is 1.89. The van der Waals surface area contributed by atoms with Crippen molar-refractivity contribution in [1.82, 2.24) is 15.1 Å². The fourth-order valence-electron chi connectivity index (χ4n) is 1.89. The molecule has 1 N–H and O–H groups in total. The van der Waals surface area contributed by atoms with Gasteiger partial charge in [-0.2, -0.15) is 5.10 Å². The van der Waals surface area contributed by atoms with Gasteiger partial charge in [0.05, 0.1) is 11.3 Å². The molecule has 4 heteroatoms. The summed E-state index contributed by atoms with van der Waals surface area (Å²) in [6.45, 7) is 7.08. The average molecular weight is 237 g/mol. The lowest BCUT2D eigenvalue weighted by atomic mass is 10.0. The van der Waals surface area contributed by atoms with E-state index in [2.05, 4.69) is 24.3 Å². The first-order valence-corrected chi connectivity index (χ1v) is 6.42. The maximum Gasteiger partial charge on any atom is 0.254 e. The minimum Gasteiger partial charge on any atom is -0.352 e. The maximum atomic E-state index is 12.0. The molecule has 0 unspecified atom stereocenters. The van der Waals surface area contributed by atoms with Crippen molar-refractivity contribution in [1.29, 1.82) is 0 Å². The molecule has 0 aliphatic heterocycles. The zero-order valence-electron chi connectivity index (χ0n) is 11.3. The molecule has 0 radical (unpaired) electrons. The Morgan fingerprint density at radius 2 is 2.06 bits per heavy atom. The van der Waals surface area contributed by atoms with Gasteiger partial charge in [0, 0.05) is 19.8 Å². The summed E-state index contributed by atoms with van der Waals surface area (Å²) in [5.74, 6) is 0.572. The standard InChI is InChI=1S/C13H23N3O/c1-5-10(6-2)8-14-13(17)11-9-16(4)15-12(11)7-3/h9-10H,5-8H2,1-4H3,(H,14,17). The number of aryl methyl sites for hydroxylation is 2. The van der Waals surface area contributed by atoms with Crippen LogP contribution in [0.3, 0.4) is 0 Å². The molecular weight excluding hydrogens is 214 g/mol. The molecule has 0 saturated carbocycles. The number of carbonyl (C=O) groups excluding carboxylic acids is 1. The van der Waals surface area contributed by atoms with Crippen molar-refractivity contribution < 1.29 is 4.79 Å². The molecule has 1 aromatic rings. The summed E-state index contributed by atoms with van der Waals surface area (Å²) in [6, 6.07) is 0. The first-order valence-electron chi connectivity index (χ1n) is 6.42. The molecule has 0 aliphatic rings. The van der Waals surface area contributed by atoms with Gasteiger partial charge in [-0.1, -0.05) is 33.6 Å². The summed E-state index contributed by atoms with van der Waals surface area (Å²) >= 11 is 0. The molecule has 0 spiro atoms. The minimum absolute atomic E-state index is 0.00171. The van der Waals surface area contributed by atoms with Gasteiger partial charge in [-0.05, 0) is 12.3 Å². The topological polar surface area (TPSA) is 46.9 Å². The third-order valence-electron chi connectivity index (χ3n) is 3.19. The van der Waals surface area contributed by atoms with E-state index < -0.39 is 0 Å². The van der Waals surface area contributed by atoms with E-state index in [9.17, 15) is 4.79 Å². The highest BCUT2D eigenvalue weighted by Crippen LogP contribution is 2.09. The van der Waals surface area contributed by atoms with Crippen LogP contribution in [0.4, 0.5) is 0 Å². The SMILES string of the molecule is CCc1nn(C)cc1C(=O)NCC(CC)CC. The normalized spacial score (nSPS) is 10.9. The summed E-state index contributed by atoms with van der Waals surface area (Å²) in [5, 5.41) is 7.27. The van der Waals surface area contributed by atoms with Crippen LogP contribution in [0.2, 0.25) is 0 Å². The van der Waals surface area contributed by atoms with Crippen molar-refractivity contribution in [3.05, 3.63) is 17.5 Å². The van der Waals surface area contributed by atoms with Crippen LogP contribution in [0.1, 0.15) is 49.7 Å². The Morgan fingerprint density at radius 3 is 2.59 bits per heavy atom. The van der Waals surface area contributed by atoms with Gasteiger partial charge in [0.2, 0.25) is 0 Å². The molecule has 0 fully saturated rings. The van der Waals surface area contributed by atoms with Gasteiger partial charge < -0.3 is 5.32 Å². The van der Waals surface area contributed by atoms with Crippen LogP contribution in [-0.4, -0.2) is 22.2 Å². The van der Waals surface area contributed by atoms with E-state index in [0.717, 1.165) is 31.5 Å². The van der Waals surface area contributed by atoms with Crippen LogP contribution >= 0.6 is 0 Å². The number of rotatable bonds is 6. The largest absolute Gasteiger partial charge is 0.352 e. The van der Waals surface area contributed by atoms with E-state index in [0.29, 0.717) is 11.5 Å². The van der Waals surface area contributed by atoms with E-state index in [4.69, 9.17) is 0 Å². The Balaban J connectivity index is 2.63. The van der Waals surface area contributed by atoms with E-state index in [1.165, 1.54) is 0 Å². The van der Waals surface area contributed by atoms with Crippen molar-refractivity contribution in [2.24, 2.45) is 13.0 Å². The van der Waals surface area contributed by atoms with Crippen molar-refractivity contribution in [2.75, 3.05) is 6.54 Å². The average Bonchev–Trinajstić information content (AvgIpc) is 2.71. The van der Waals surface area contributed by atoms with Crippen LogP contribution in [0.25, 0.3) is 0 Å². The predicted octanol–water partition coefficient (Wildman–Crippen LogP) is 2.15. The van der Waals surface area contributed by atoms with Crippen LogP contribution in [0.5, 0.6) is 0 Å². The lowest BCUT2D eigenvalue weighted by Crippen LogP contribution is -2.29. The summed E-state index contributed by atoms with van der Waals surface area (Å²) < 4.78 is 1.70. The second kappa shape index (κ2) is 6.42. The van der Waals surface area contributed by atoms with Gasteiger partial charge in [0.15, 0.2) is 0 Å². The summed E-state index contributed by atoms with van der Waals surface area (Å²) in [7, 11) is 1.84. The first-order chi connectivity index (χ1) is 8.12. The highest BCUT2D eigenvalue weighted by Gasteiger charge is 2.14. The number of amides is 1.